The van der Waals surface area contributed by atoms with Gasteiger partial charge in [-0.1, -0.05) is 36.4 Å². The molecule has 0 fully saturated rings. The first-order valence-electron chi connectivity index (χ1n) is 10.6. The predicted octanol–water partition coefficient (Wildman–Crippen LogP) is 1.73. The first kappa shape index (κ1) is 22.0. The van der Waals surface area contributed by atoms with E-state index in [1.807, 2.05) is 36.4 Å². The maximum Gasteiger partial charge on any atom is 0.306 e. The van der Waals surface area contributed by atoms with Gasteiger partial charge in [0.2, 0.25) is 11.8 Å². The highest BCUT2D eigenvalue weighted by Crippen LogP contribution is 2.25. The Morgan fingerprint density at radius 1 is 1.23 bits per heavy atom. The van der Waals surface area contributed by atoms with Gasteiger partial charge in [0.1, 0.15) is 6.10 Å². The van der Waals surface area contributed by atoms with Crippen molar-refractivity contribution in [1.29, 1.82) is 0 Å². The number of aliphatic hydroxyl groups excluding tert-OH is 1. The normalized spacial score (nSPS) is 25.4. The van der Waals surface area contributed by atoms with Gasteiger partial charge in [-0.25, -0.2) is 0 Å². The van der Waals surface area contributed by atoms with Gasteiger partial charge in [0.25, 0.3) is 0 Å². The summed E-state index contributed by atoms with van der Waals surface area (Å²) in [5, 5.41) is 12.6. The van der Waals surface area contributed by atoms with Gasteiger partial charge in [-0.2, -0.15) is 0 Å². The fraction of sp³-hybridized carbons (Fsp3) is 0.522. The molecule has 0 saturated carbocycles. The lowest BCUT2D eigenvalue weighted by atomic mass is 9.92. The quantitative estimate of drug-likeness (QED) is 0.580. The molecule has 162 valence electrons. The highest BCUT2D eigenvalue weighted by atomic mass is 16.5. The summed E-state index contributed by atoms with van der Waals surface area (Å²) in [6.45, 7) is 2.28. The van der Waals surface area contributed by atoms with Crippen LogP contribution in [0, 0.1) is 5.92 Å². The third kappa shape index (κ3) is 5.69. The molecule has 3 atom stereocenters. The highest BCUT2D eigenvalue weighted by Gasteiger charge is 2.32. The SMILES string of the molecule is C[C@H]1CNC(=O)[C@@H](CC(=O)N2Cc3ccccc3C[C@H]2CO)CC=CCCC(=O)O1. The lowest BCUT2D eigenvalue weighted by molar-refractivity contribution is -0.148. The third-order valence-corrected chi connectivity index (χ3v) is 5.68. The van der Waals surface area contributed by atoms with Crippen LogP contribution in [-0.4, -0.2) is 53.1 Å². The lowest BCUT2D eigenvalue weighted by Gasteiger charge is -2.36. The van der Waals surface area contributed by atoms with E-state index in [1.165, 1.54) is 0 Å². The third-order valence-electron chi connectivity index (χ3n) is 5.68. The molecule has 2 aliphatic heterocycles. The minimum Gasteiger partial charge on any atom is -0.461 e. The van der Waals surface area contributed by atoms with E-state index in [9.17, 15) is 19.5 Å². The number of esters is 1. The molecule has 1 aromatic rings. The first-order valence-corrected chi connectivity index (χ1v) is 10.6. The van der Waals surface area contributed by atoms with Crippen LogP contribution in [0.3, 0.4) is 0 Å². The number of hydrogen-bond acceptors (Lipinski definition) is 5. The van der Waals surface area contributed by atoms with Crippen molar-refractivity contribution in [3.8, 4) is 0 Å². The summed E-state index contributed by atoms with van der Waals surface area (Å²) in [6.07, 6.45) is 5.23. The summed E-state index contributed by atoms with van der Waals surface area (Å²) in [7, 11) is 0. The minimum absolute atomic E-state index is 0.0724. The molecule has 7 nitrogen and oxygen atoms in total. The van der Waals surface area contributed by atoms with Crippen molar-refractivity contribution in [2.75, 3.05) is 13.2 Å². The molecule has 3 rings (SSSR count). The van der Waals surface area contributed by atoms with E-state index in [1.54, 1.807) is 11.8 Å². The van der Waals surface area contributed by atoms with E-state index >= 15 is 0 Å². The van der Waals surface area contributed by atoms with Crippen molar-refractivity contribution in [3.05, 3.63) is 47.5 Å². The minimum atomic E-state index is -0.507. The molecular weight excluding hydrogens is 384 g/mol. The molecule has 1 aromatic carbocycles. The van der Waals surface area contributed by atoms with Crippen molar-refractivity contribution in [2.24, 2.45) is 5.92 Å². The second-order valence-electron chi connectivity index (χ2n) is 8.02. The number of carbonyl (C=O) groups is 3. The van der Waals surface area contributed by atoms with Gasteiger partial charge in [0, 0.05) is 19.4 Å². The second-order valence-corrected chi connectivity index (χ2v) is 8.02. The number of amides is 2. The number of allylic oxidation sites excluding steroid dienone is 2. The van der Waals surface area contributed by atoms with Gasteiger partial charge in [0.15, 0.2) is 0 Å². The largest absolute Gasteiger partial charge is 0.461 e. The molecule has 7 heteroatoms. The summed E-state index contributed by atoms with van der Waals surface area (Å²) in [6, 6.07) is 7.65. The van der Waals surface area contributed by atoms with E-state index < -0.39 is 12.0 Å². The monoisotopic (exact) mass is 414 g/mol. The molecule has 0 saturated heterocycles. The van der Waals surface area contributed by atoms with Crippen molar-refractivity contribution in [3.63, 3.8) is 0 Å². The summed E-state index contributed by atoms with van der Waals surface area (Å²) in [5.74, 6) is -1.15. The Morgan fingerprint density at radius 2 is 2.00 bits per heavy atom. The zero-order chi connectivity index (χ0) is 21.5. The smallest absolute Gasteiger partial charge is 0.306 e. The topological polar surface area (TPSA) is 95.9 Å². The second kappa shape index (κ2) is 10.4. The molecule has 2 N–H and O–H groups in total. The van der Waals surface area contributed by atoms with E-state index in [0.717, 1.165) is 11.1 Å². The molecule has 0 unspecified atom stereocenters. The number of aliphatic hydroxyl groups is 1. The molecule has 2 amide bonds. The Hall–Kier alpha value is -2.67. The predicted molar refractivity (Wildman–Crippen MR) is 111 cm³/mol. The number of fused-ring (bicyclic) bond motifs is 1. The van der Waals surface area contributed by atoms with E-state index in [4.69, 9.17) is 4.74 Å². The standard InChI is InChI=1S/C23H30N2O5/c1-16-13-24-23(29)18(8-3-2-4-10-22(28)30-16)12-21(27)25-14-19-9-6-5-7-17(19)11-20(25)15-26/h2-3,5-7,9,16,18,20,26H,4,8,10-15H2,1H3,(H,24,29)/t16-,18+,20-/m0/s1. The van der Waals surface area contributed by atoms with Crippen molar-refractivity contribution >= 4 is 17.8 Å². The number of rotatable bonds is 3. The fourth-order valence-electron chi connectivity index (χ4n) is 3.95. The number of nitrogens with one attached hydrogen (secondary N) is 1. The van der Waals surface area contributed by atoms with Crippen LogP contribution >= 0.6 is 0 Å². The molecule has 0 aromatic heterocycles. The maximum atomic E-state index is 13.1. The zero-order valence-electron chi connectivity index (χ0n) is 17.4. The number of benzene rings is 1. The van der Waals surface area contributed by atoms with Gasteiger partial charge in [0.05, 0.1) is 25.1 Å². The average molecular weight is 415 g/mol. The number of hydrogen-bond donors (Lipinski definition) is 2. The van der Waals surface area contributed by atoms with Crippen LogP contribution in [0.5, 0.6) is 0 Å². The average Bonchev–Trinajstić information content (AvgIpc) is 2.74. The Labute approximate surface area is 177 Å². The van der Waals surface area contributed by atoms with Gasteiger partial charge < -0.3 is 20.1 Å². The van der Waals surface area contributed by atoms with E-state index in [2.05, 4.69) is 5.32 Å². The van der Waals surface area contributed by atoms with Crippen LogP contribution < -0.4 is 5.32 Å². The van der Waals surface area contributed by atoms with E-state index in [-0.39, 0.29) is 43.4 Å². The van der Waals surface area contributed by atoms with Crippen molar-refractivity contribution < 1.29 is 24.2 Å². The maximum absolute atomic E-state index is 13.1. The van der Waals surface area contributed by atoms with Crippen LogP contribution in [0.4, 0.5) is 0 Å². The molecule has 0 aliphatic carbocycles. The Balaban J connectivity index is 1.70. The van der Waals surface area contributed by atoms with Crippen LogP contribution in [0.2, 0.25) is 0 Å². The van der Waals surface area contributed by atoms with Gasteiger partial charge in [-0.3, -0.25) is 14.4 Å². The molecule has 0 radical (unpaired) electrons. The zero-order valence-corrected chi connectivity index (χ0v) is 17.4. The van der Waals surface area contributed by atoms with E-state index in [0.29, 0.717) is 32.2 Å². The molecule has 0 bridgehead atoms. The number of ether oxygens (including phenoxy) is 1. The van der Waals surface area contributed by atoms with Gasteiger partial charge in [-0.05, 0) is 37.3 Å². The Kier molecular flexibility index (Phi) is 7.63. The van der Waals surface area contributed by atoms with Crippen LogP contribution in [0.1, 0.15) is 43.7 Å². The molecule has 2 aliphatic rings. The first-order chi connectivity index (χ1) is 14.5. The number of nitrogens with zero attached hydrogens (tertiary/aromatic N) is 1. The van der Waals surface area contributed by atoms with Crippen LogP contribution in [0.15, 0.2) is 36.4 Å². The highest BCUT2D eigenvalue weighted by molar-refractivity contribution is 5.86. The van der Waals surface area contributed by atoms with Crippen LogP contribution in [0.25, 0.3) is 0 Å². The number of carbonyl (C=O) groups excluding carboxylic acids is 3. The Morgan fingerprint density at radius 3 is 2.77 bits per heavy atom. The summed E-state index contributed by atoms with van der Waals surface area (Å²) >= 11 is 0. The molecule has 2 heterocycles. The Bertz CT molecular complexity index is 807. The summed E-state index contributed by atoms with van der Waals surface area (Å²) in [5.41, 5.74) is 2.23. The van der Waals surface area contributed by atoms with Crippen LogP contribution in [-0.2, 0) is 32.1 Å². The number of cyclic esters (lactones) is 1. The van der Waals surface area contributed by atoms with Crippen molar-refractivity contribution in [1.82, 2.24) is 10.2 Å². The summed E-state index contributed by atoms with van der Waals surface area (Å²) in [4.78, 5) is 39.2. The molecule has 30 heavy (non-hydrogen) atoms. The fourth-order valence-corrected chi connectivity index (χ4v) is 3.95. The van der Waals surface area contributed by atoms with Crippen molar-refractivity contribution in [2.45, 2.75) is 57.7 Å². The lowest BCUT2D eigenvalue weighted by Crippen LogP contribution is -2.47. The molecular formula is C23H30N2O5. The van der Waals surface area contributed by atoms with Gasteiger partial charge >= 0.3 is 5.97 Å². The summed E-state index contributed by atoms with van der Waals surface area (Å²) < 4.78 is 5.25. The van der Waals surface area contributed by atoms with Gasteiger partial charge in [-0.15, -0.1) is 0 Å². The molecule has 0 spiro atoms.